The Labute approximate surface area is 184 Å². The molecule has 6 nitrogen and oxygen atoms in total. The summed E-state index contributed by atoms with van der Waals surface area (Å²) < 4.78 is 0. The van der Waals surface area contributed by atoms with E-state index >= 15 is 0 Å². The number of hydrogen-bond acceptors (Lipinski definition) is 3. The molecule has 1 atom stereocenters. The summed E-state index contributed by atoms with van der Waals surface area (Å²) in [6.45, 7) is 9.72. The number of benzene rings is 1. The lowest BCUT2D eigenvalue weighted by molar-refractivity contribution is -0.131. The zero-order valence-corrected chi connectivity index (χ0v) is 19.2. The van der Waals surface area contributed by atoms with Gasteiger partial charge in [-0.15, -0.1) is 0 Å². The molecule has 1 aliphatic rings. The molecule has 0 saturated carbocycles. The van der Waals surface area contributed by atoms with Crippen molar-refractivity contribution in [1.82, 2.24) is 15.5 Å². The van der Waals surface area contributed by atoms with Crippen molar-refractivity contribution < 1.29 is 14.4 Å². The van der Waals surface area contributed by atoms with Gasteiger partial charge >= 0.3 is 0 Å². The molecule has 2 N–H and O–H groups in total. The molecule has 2 rings (SSSR count). The third-order valence-electron chi connectivity index (χ3n) is 5.27. The summed E-state index contributed by atoms with van der Waals surface area (Å²) >= 11 is 5.91. The van der Waals surface area contributed by atoms with Crippen LogP contribution in [0.4, 0.5) is 0 Å². The van der Waals surface area contributed by atoms with Gasteiger partial charge in [0, 0.05) is 36.6 Å². The second kappa shape index (κ2) is 11.3. The molecule has 0 aliphatic carbocycles. The SMILES string of the molecule is CC(C)CNC(=O)[C@@H](NC(=O)CC(C)C)C1CCN(C(=O)c2ccc(Cl)cc2)CC1. The summed E-state index contributed by atoms with van der Waals surface area (Å²) in [5.74, 6) is 0.290. The van der Waals surface area contributed by atoms with Crippen molar-refractivity contribution in [3.8, 4) is 0 Å². The number of halogens is 1. The lowest BCUT2D eigenvalue weighted by Crippen LogP contribution is -2.54. The minimum Gasteiger partial charge on any atom is -0.354 e. The Kier molecular flexibility index (Phi) is 9.15. The van der Waals surface area contributed by atoms with E-state index in [1.165, 1.54) is 0 Å². The third-order valence-corrected chi connectivity index (χ3v) is 5.52. The van der Waals surface area contributed by atoms with E-state index in [9.17, 15) is 14.4 Å². The third kappa shape index (κ3) is 7.31. The summed E-state index contributed by atoms with van der Waals surface area (Å²) in [6, 6.07) is 6.31. The maximum Gasteiger partial charge on any atom is 0.253 e. The minimum atomic E-state index is -0.567. The number of nitrogens with zero attached hydrogens (tertiary/aromatic N) is 1. The van der Waals surface area contributed by atoms with Crippen molar-refractivity contribution >= 4 is 29.3 Å². The Morgan fingerprint density at radius 1 is 1.03 bits per heavy atom. The van der Waals surface area contributed by atoms with Gasteiger partial charge in [0.25, 0.3) is 5.91 Å². The van der Waals surface area contributed by atoms with Gasteiger partial charge in [0.05, 0.1) is 0 Å². The lowest BCUT2D eigenvalue weighted by atomic mass is 9.88. The lowest BCUT2D eigenvalue weighted by Gasteiger charge is -2.36. The van der Waals surface area contributed by atoms with Gasteiger partial charge in [0.1, 0.15) is 6.04 Å². The quantitative estimate of drug-likeness (QED) is 0.656. The number of amides is 3. The van der Waals surface area contributed by atoms with Crippen LogP contribution >= 0.6 is 11.6 Å². The van der Waals surface area contributed by atoms with E-state index in [-0.39, 0.29) is 29.6 Å². The standard InChI is InChI=1S/C23H34ClN3O3/c1-15(2)13-20(28)26-21(22(29)25-14-16(3)4)17-9-11-27(12-10-17)23(30)18-5-7-19(24)8-6-18/h5-8,15-17,21H,9-14H2,1-4H3,(H,25,29)(H,26,28)/t21-/m0/s1. The van der Waals surface area contributed by atoms with Crippen molar-refractivity contribution in [2.24, 2.45) is 17.8 Å². The molecule has 1 aromatic rings. The van der Waals surface area contributed by atoms with Crippen LogP contribution in [0.25, 0.3) is 0 Å². The maximum absolute atomic E-state index is 12.8. The first-order chi connectivity index (χ1) is 14.2. The van der Waals surface area contributed by atoms with Gasteiger partial charge in [-0.05, 0) is 54.9 Å². The maximum atomic E-state index is 12.8. The summed E-state index contributed by atoms with van der Waals surface area (Å²) in [7, 11) is 0. The van der Waals surface area contributed by atoms with Gasteiger partial charge in [-0.3, -0.25) is 14.4 Å². The first-order valence-corrected chi connectivity index (χ1v) is 11.2. The fourth-order valence-corrected chi connectivity index (χ4v) is 3.75. The van der Waals surface area contributed by atoms with Gasteiger partial charge in [-0.1, -0.05) is 39.3 Å². The molecule has 7 heteroatoms. The van der Waals surface area contributed by atoms with Crippen LogP contribution < -0.4 is 10.6 Å². The normalized spacial score (nSPS) is 15.9. The number of rotatable bonds is 8. The van der Waals surface area contributed by atoms with Gasteiger partial charge in [-0.25, -0.2) is 0 Å². The van der Waals surface area contributed by atoms with E-state index in [1.54, 1.807) is 29.2 Å². The molecule has 3 amide bonds. The molecule has 0 unspecified atom stereocenters. The van der Waals surface area contributed by atoms with Gasteiger partial charge in [-0.2, -0.15) is 0 Å². The molecule has 1 aromatic carbocycles. The average Bonchev–Trinajstić information content (AvgIpc) is 2.70. The Hall–Kier alpha value is -2.08. The number of hydrogen-bond donors (Lipinski definition) is 2. The molecular weight excluding hydrogens is 402 g/mol. The molecule has 1 heterocycles. The molecule has 0 spiro atoms. The zero-order chi connectivity index (χ0) is 22.3. The summed E-state index contributed by atoms with van der Waals surface area (Å²) in [4.78, 5) is 39.7. The van der Waals surface area contributed by atoms with E-state index in [0.717, 1.165) is 0 Å². The molecule has 0 radical (unpaired) electrons. The first kappa shape index (κ1) is 24.2. The first-order valence-electron chi connectivity index (χ1n) is 10.8. The summed E-state index contributed by atoms with van der Waals surface area (Å²) in [6.07, 6.45) is 1.73. The van der Waals surface area contributed by atoms with Crippen molar-refractivity contribution in [2.75, 3.05) is 19.6 Å². The van der Waals surface area contributed by atoms with E-state index in [0.29, 0.717) is 55.4 Å². The number of nitrogens with one attached hydrogen (secondary N) is 2. The van der Waals surface area contributed by atoms with Crippen LogP contribution in [0.2, 0.25) is 5.02 Å². The Balaban J connectivity index is 2.01. The summed E-state index contributed by atoms with van der Waals surface area (Å²) in [5.41, 5.74) is 0.606. The van der Waals surface area contributed by atoms with Crippen LogP contribution in [0.1, 0.15) is 57.3 Å². The van der Waals surface area contributed by atoms with Crippen LogP contribution in [0.15, 0.2) is 24.3 Å². The van der Waals surface area contributed by atoms with E-state index < -0.39 is 6.04 Å². The predicted molar refractivity (Wildman–Crippen MR) is 119 cm³/mol. The molecule has 30 heavy (non-hydrogen) atoms. The highest BCUT2D eigenvalue weighted by Gasteiger charge is 2.34. The fraction of sp³-hybridized carbons (Fsp3) is 0.609. The number of piperidine rings is 1. The minimum absolute atomic E-state index is 0.00235. The predicted octanol–water partition coefficient (Wildman–Crippen LogP) is 3.50. The smallest absolute Gasteiger partial charge is 0.253 e. The fourth-order valence-electron chi connectivity index (χ4n) is 3.63. The topological polar surface area (TPSA) is 78.5 Å². The highest BCUT2D eigenvalue weighted by Crippen LogP contribution is 2.23. The Morgan fingerprint density at radius 3 is 2.17 bits per heavy atom. The van der Waals surface area contributed by atoms with Crippen molar-refractivity contribution in [1.29, 1.82) is 0 Å². The van der Waals surface area contributed by atoms with Crippen LogP contribution in [-0.2, 0) is 9.59 Å². The second-order valence-electron chi connectivity index (χ2n) is 8.92. The highest BCUT2D eigenvalue weighted by atomic mass is 35.5. The molecule has 166 valence electrons. The molecule has 0 bridgehead atoms. The Bertz CT molecular complexity index is 726. The average molecular weight is 436 g/mol. The van der Waals surface area contributed by atoms with Crippen molar-refractivity contribution in [3.63, 3.8) is 0 Å². The van der Waals surface area contributed by atoms with E-state index in [2.05, 4.69) is 10.6 Å². The van der Waals surface area contributed by atoms with E-state index in [1.807, 2.05) is 27.7 Å². The van der Waals surface area contributed by atoms with Crippen molar-refractivity contribution in [3.05, 3.63) is 34.9 Å². The van der Waals surface area contributed by atoms with Gasteiger partial charge in [0.2, 0.25) is 11.8 Å². The van der Waals surface area contributed by atoms with Crippen LogP contribution in [0.3, 0.4) is 0 Å². The monoisotopic (exact) mass is 435 g/mol. The van der Waals surface area contributed by atoms with Crippen LogP contribution in [0.5, 0.6) is 0 Å². The molecule has 1 aliphatic heterocycles. The van der Waals surface area contributed by atoms with Gasteiger partial charge in [0.15, 0.2) is 0 Å². The zero-order valence-electron chi connectivity index (χ0n) is 18.4. The van der Waals surface area contributed by atoms with E-state index in [4.69, 9.17) is 11.6 Å². The number of carbonyl (C=O) groups excluding carboxylic acids is 3. The van der Waals surface area contributed by atoms with Crippen LogP contribution in [-0.4, -0.2) is 48.3 Å². The van der Waals surface area contributed by atoms with Crippen LogP contribution in [0, 0.1) is 17.8 Å². The molecule has 0 aromatic heterocycles. The number of carbonyl (C=O) groups is 3. The van der Waals surface area contributed by atoms with Crippen molar-refractivity contribution in [2.45, 2.75) is 53.0 Å². The molecular formula is C23H34ClN3O3. The molecule has 1 fully saturated rings. The van der Waals surface area contributed by atoms with Gasteiger partial charge < -0.3 is 15.5 Å². The largest absolute Gasteiger partial charge is 0.354 e. The molecule has 1 saturated heterocycles. The summed E-state index contributed by atoms with van der Waals surface area (Å²) in [5, 5.41) is 6.51. The second-order valence-corrected chi connectivity index (χ2v) is 9.36. The highest BCUT2D eigenvalue weighted by molar-refractivity contribution is 6.30. The number of likely N-dealkylation sites (tertiary alicyclic amines) is 1. The Morgan fingerprint density at radius 2 is 1.63 bits per heavy atom.